The number of hydrogen-bond acceptors (Lipinski definition) is 7. The lowest BCUT2D eigenvalue weighted by molar-refractivity contribution is -0.135. The molecule has 2 saturated heterocycles. The van der Waals surface area contributed by atoms with E-state index in [4.69, 9.17) is 4.55 Å². The van der Waals surface area contributed by atoms with Gasteiger partial charge in [-0.2, -0.15) is 13.5 Å². The highest BCUT2D eigenvalue weighted by Gasteiger charge is 2.49. The van der Waals surface area contributed by atoms with E-state index < -0.39 is 34.4 Å². The van der Waals surface area contributed by atoms with Crippen LogP contribution in [0.4, 0.5) is 4.79 Å². The molecule has 2 heterocycles. The topological polar surface area (TPSA) is 157 Å². The number of hydrogen-bond donors (Lipinski definition) is 4. The summed E-state index contributed by atoms with van der Waals surface area (Å²) in [6, 6.07) is -1.96. The van der Waals surface area contributed by atoms with Crippen LogP contribution in [-0.4, -0.2) is 72.5 Å². The van der Waals surface area contributed by atoms with Crippen LogP contribution in [0.1, 0.15) is 25.7 Å². The second-order valence-corrected chi connectivity index (χ2v) is 7.65. The average molecular weight is 391 g/mol. The van der Waals surface area contributed by atoms with E-state index in [9.17, 15) is 22.8 Å². The Labute approximate surface area is 150 Å². The highest BCUT2D eigenvalue weighted by molar-refractivity contribution is 7.80. The monoisotopic (exact) mass is 391 g/mol. The van der Waals surface area contributed by atoms with Gasteiger partial charge in [0.2, 0.25) is 5.91 Å². The largest absolute Gasteiger partial charge is 0.418 e. The second kappa shape index (κ2) is 6.98. The lowest BCUT2D eigenvalue weighted by Crippen LogP contribution is -2.56. The number of nitrogens with zero attached hydrogens (tertiary/aromatic N) is 2. The Morgan fingerprint density at radius 3 is 2.46 bits per heavy atom. The van der Waals surface area contributed by atoms with Crippen molar-refractivity contribution >= 4 is 28.2 Å². The van der Waals surface area contributed by atoms with Crippen molar-refractivity contribution in [3.05, 3.63) is 0 Å². The number of fused-ring (bicyclic) bond motifs is 2. The van der Waals surface area contributed by atoms with Crippen molar-refractivity contribution < 1.29 is 31.6 Å². The number of piperidine rings is 1. The fourth-order valence-electron chi connectivity index (χ4n) is 3.48. The maximum atomic E-state index is 12.3. The Balaban J connectivity index is 1.53. The molecule has 146 valence electrons. The molecule has 2 aliphatic heterocycles. The van der Waals surface area contributed by atoms with Crippen molar-refractivity contribution in [1.82, 2.24) is 26.1 Å². The van der Waals surface area contributed by atoms with Crippen LogP contribution in [0.5, 0.6) is 0 Å². The minimum Gasteiger partial charge on any atom is -0.317 e. The third-order valence-electron chi connectivity index (χ3n) is 5.03. The summed E-state index contributed by atoms with van der Waals surface area (Å²) in [5.41, 5.74) is 4.68. The zero-order valence-corrected chi connectivity index (χ0v) is 14.9. The molecular formula is C13H21N5O7S. The number of hydrazine groups is 1. The minimum absolute atomic E-state index is 0.0901. The van der Waals surface area contributed by atoms with Crippen LogP contribution in [0.15, 0.2) is 0 Å². The molecule has 0 aromatic rings. The number of rotatable bonds is 5. The molecule has 13 heteroatoms. The van der Waals surface area contributed by atoms with Gasteiger partial charge in [0.05, 0.1) is 6.04 Å². The average Bonchev–Trinajstić information content (AvgIpc) is 2.75. The van der Waals surface area contributed by atoms with Gasteiger partial charge in [0.1, 0.15) is 6.04 Å². The molecule has 4 N–H and O–H groups in total. The van der Waals surface area contributed by atoms with Crippen molar-refractivity contribution in [2.75, 3.05) is 13.6 Å². The van der Waals surface area contributed by atoms with Gasteiger partial charge in [-0.15, -0.1) is 4.28 Å². The van der Waals surface area contributed by atoms with Crippen LogP contribution in [0, 0.1) is 5.92 Å². The minimum atomic E-state index is -4.84. The molecule has 3 aliphatic rings. The molecule has 0 aromatic carbocycles. The number of hydroxylamine groups is 2. The molecule has 26 heavy (non-hydrogen) atoms. The van der Waals surface area contributed by atoms with Gasteiger partial charge in [0, 0.05) is 18.5 Å². The predicted octanol–water partition coefficient (Wildman–Crippen LogP) is -1.87. The van der Waals surface area contributed by atoms with Crippen LogP contribution in [-0.2, 0) is 24.3 Å². The van der Waals surface area contributed by atoms with Gasteiger partial charge in [-0.1, -0.05) is 0 Å². The Bertz CT molecular complexity index is 708. The molecule has 2 atom stereocenters. The lowest BCUT2D eigenvalue weighted by atomic mass is 9.80. The van der Waals surface area contributed by atoms with Gasteiger partial charge in [0.25, 0.3) is 5.91 Å². The number of amides is 4. The van der Waals surface area contributed by atoms with E-state index in [0.717, 1.165) is 4.90 Å². The highest BCUT2D eigenvalue weighted by atomic mass is 32.3. The first-order valence-corrected chi connectivity index (χ1v) is 9.60. The number of carbonyl (C=O) groups is 3. The van der Waals surface area contributed by atoms with E-state index in [1.54, 1.807) is 0 Å². The smallest absolute Gasteiger partial charge is 0.317 e. The van der Waals surface area contributed by atoms with Crippen molar-refractivity contribution in [1.29, 1.82) is 0 Å². The van der Waals surface area contributed by atoms with E-state index in [1.807, 2.05) is 7.05 Å². The van der Waals surface area contributed by atoms with Crippen LogP contribution >= 0.6 is 0 Å². The molecule has 4 amide bonds. The molecule has 0 unspecified atom stereocenters. The van der Waals surface area contributed by atoms with Crippen LogP contribution < -0.4 is 16.2 Å². The van der Waals surface area contributed by atoms with E-state index >= 15 is 0 Å². The van der Waals surface area contributed by atoms with Gasteiger partial charge in [-0.3, -0.25) is 25.0 Å². The predicted molar refractivity (Wildman–Crippen MR) is 85.2 cm³/mol. The van der Waals surface area contributed by atoms with Gasteiger partial charge in [-0.25, -0.2) is 4.79 Å². The molecule has 2 bridgehead atoms. The van der Waals surface area contributed by atoms with E-state index in [2.05, 4.69) is 20.5 Å². The standard InChI is InChI=1S/C13H21N5O7S/c1-14-8-4-7(5-8)11(19)15-16-12(20)10-3-2-9-6-17(10)13(21)18(9)25-26(22,23)24/h7-10,14H,2-6H2,1H3,(H,15,19)(H,16,20)(H,22,23,24)/t7?,8?,9-,10+/m0/s1. The number of urea groups is 1. The van der Waals surface area contributed by atoms with Gasteiger partial charge in [-0.05, 0) is 32.7 Å². The van der Waals surface area contributed by atoms with Crippen molar-refractivity contribution in [3.8, 4) is 0 Å². The third-order valence-corrected chi connectivity index (χ3v) is 5.38. The summed E-state index contributed by atoms with van der Waals surface area (Å²) < 4.78 is 34.7. The van der Waals surface area contributed by atoms with Crippen LogP contribution in [0.25, 0.3) is 0 Å². The summed E-state index contributed by atoms with van der Waals surface area (Å²) in [7, 11) is -3.02. The molecule has 3 fully saturated rings. The zero-order chi connectivity index (χ0) is 19.1. The first kappa shape index (κ1) is 18.8. The van der Waals surface area contributed by atoms with E-state index in [0.29, 0.717) is 30.4 Å². The Kier molecular flexibility index (Phi) is 5.05. The fourth-order valence-corrected chi connectivity index (χ4v) is 3.87. The summed E-state index contributed by atoms with van der Waals surface area (Å²) in [5, 5.41) is 3.62. The molecule has 0 aromatic heterocycles. The van der Waals surface area contributed by atoms with E-state index in [-0.39, 0.29) is 24.8 Å². The first-order chi connectivity index (χ1) is 12.2. The highest BCUT2D eigenvalue weighted by Crippen LogP contribution is 2.31. The SMILES string of the molecule is CNC1CC(C(=O)NNC(=O)[C@H]2CC[C@H]3CN2C(=O)N3OS(=O)(=O)O)C1. The Hall–Kier alpha value is -1.96. The molecule has 0 spiro atoms. The van der Waals surface area contributed by atoms with Crippen molar-refractivity contribution in [2.24, 2.45) is 5.92 Å². The summed E-state index contributed by atoms with van der Waals surface area (Å²) in [6.45, 7) is 0.0901. The zero-order valence-electron chi connectivity index (χ0n) is 14.0. The fraction of sp³-hybridized carbons (Fsp3) is 0.769. The third kappa shape index (κ3) is 3.75. The van der Waals surface area contributed by atoms with Crippen LogP contribution in [0.2, 0.25) is 0 Å². The molecule has 1 aliphatic carbocycles. The van der Waals surface area contributed by atoms with Gasteiger partial charge in [0.15, 0.2) is 0 Å². The molecule has 3 rings (SSSR count). The maximum absolute atomic E-state index is 12.3. The summed E-state index contributed by atoms with van der Waals surface area (Å²) in [6.07, 6.45) is 1.97. The molecule has 12 nitrogen and oxygen atoms in total. The number of carbonyl (C=O) groups excluding carboxylic acids is 3. The summed E-state index contributed by atoms with van der Waals surface area (Å²) in [4.78, 5) is 37.6. The first-order valence-electron chi connectivity index (χ1n) is 8.23. The molecule has 0 radical (unpaired) electrons. The normalized spacial score (nSPS) is 30.8. The van der Waals surface area contributed by atoms with Gasteiger partial charge < -0.3 is 10.2 Å². The Morgan fingerprint density at radius 2 is 1.85 bits per heavy atom. The van der Waals surface area contributed by atoms with E-state index in [1.165, 1.54) is 0 Å². The summed E-state index contributed by atoms with van der Waals surface area (Å²) >= 11 is 0. The maximum Gasteiger partial charge on any atom is 0.418 e. The van der Waals surface area contributed by atoms with Crippen molar-refractivity contribution in [2.45, 2.75) is 43.8 Å². The number of nitrogens with one attached hydrogen (secondary N) is 3. The Morgan fingerprint density at radius 1 is 1.19 bits per heavy atom. The van der Waals surface area contributed by atoms with Crippen molar-refractivity contribution in [3.63, 3.8) is 0 Å². The van der Waals surface area contributed by atoms with Gasteiger partial charge >= 0.3 is 16.4 Å². The van der Waals surface area contributed by atoms with Crippen LogP contribution in [0.3, 0.4) is 0 Å². The molecular weight excluding hydrogens is 370 g/mol. The molecule has 1 saturated carbocycles. The quantitative estimate of drug-likeness (QED) is 0.314. The lowest BCUT2D eigenvalue weighted by Gasteiger charge is -2.34. The summed E-state index contributed by atoms with van der Waals surface area (Å²) in [5.74, 6) is -1.03. The second-order valence-electron chi connectivity index (χ2n) is 6.64.